The highest BCUT2D eigenvalue weighted by Gasteiger charge is 2.33. The Labute approximate surface area is 88.7 Å². The molecule has 1 aromatic carbocycles. The minimum absolute atomic E-state index is 0.115. The Balaban J connectivity index is 2.04. The molecule has 3 nitrogen and oxygen atoms in total. The van der Waals surface area contributed by atoms with E-state index in [4.69, 9.17) is 9.57 Å². The summed E-state index contributed by atoms with van der Waals surface area (Å²) in [7, 11) is 1.69. The molecule has 3 heteroatoms. The quantitative estimate of drug-likeness (QED) is 0.701. The molecule has 0 saturated heterocycles. The second-order valence-corrected chi connectivity index (χ2v) is 4.05. The van der Waals surface area contributed by atoms with Gasteiger partial charge in [0.15, 0.2) is 6.10 Å². The number of methoxy groups -OCH3 is 1. The Morgan fingerprint density at radius 3 is 3.27 bits per heavy atom. The van der Waals surface area contributed by atoms with Gasteiger partial charge < -0.3 is 9.57 Å². The van der Waals surface area contributed by atoms with Gasteiger partial charge in [0.1, 0.15) is 5.75 Å². The summed E-state index contributed by atoms with van der Waals surface area (Å²) in [6, 6.07) is 6.21. The number of benzene rings is 1. The molecule has 2 atom stereocenters. The van der Waals surface area contributed by atoms with Gasteiger partial charge in [0.05, 0.1) is 13.3 Å². The molecular weight excluding hydrogens is 190 g/mol. The third-order valence-corrected chi connectivity index (χ3v) is 3.22. The summed E-state index contributed by atoms with van der Waals surface area (Å²) in [6.45, 7) is 0. The molecule has 3 rings (SSSR count). The number of nitrogens with zero attached hydrogens (tertiary/aromatic N) is 1. The lowest BCUT2D eigenvalue weighted by atomic mass is 9.82. The van der Waals surface area contributed by atoms with Gasteiger partial charge in [-0.25, -0.2) is 0 Å². The van der Waals surface area contributed by atoms with Crippen LogP contribution in [0.3, 0.4) is 0 Å². The second kappa shape index (κ2) is 3.26. The summed E-state index contributed by atoms with van der Waals surface area (Å²) in [5.74, 6) is 1.34. The first kappa shape index (κ1) is 8.77. The van der Waals surface area contributed by atoms with E-state index in [1.807, 2.05) is 12.3 Å². The normalized spacial score (nSPS) is 26.7. The Morgan fingerprint density at radius 2 is 2.40 bits per heavy atom. The smallest absolute Gasteiger partial charge is 0.160 e. The average Bonchev–Trinajstić information content (AvgIpc) is 2.76. The van der Waals surface area contributed by atoms with Crippen molar-refractivity contribution < 1.29 is 9.57 Å². The molecule has 0 N–H and O–H groups in total. The van der Waals surface area contributed by atoms with Crippen molar-refractivity contribution in [3.63, 3.8) is 0 Å². The fourth-order valence-electron chi connectivity index (χ4n) is 2.36. The van der Waals surface area contributed by atoms with E-state index in [1.165, 1.54) is 11.1 Å². The van der Waals surface area contributed by atoms with E-state index in [0.717, 1.165) is 18.6 Å². The van der Waals surface area contributed by atoms with Crippen molar-refractivity contribution in [2.24, 2.45) is 11.1 Å². The number of hydrogen-bond donors (Lipinski definition) is 0. The van der Waals surface area contributed by atoms with E-state index in [-0.39, 0.29) is 6.10 Å². The topological polar surface area (TPSA) is 30.8 Å². The van der Waals surface area contributed by atoms with Crippen molar-refractivity contribution in [2.45, 2.75) is 18.9 Å². The highest BCUT2D eigenvalue weighted by molar-refractivity contribution is 5.64. The van der Waals surface area contributed by atoms with Crippen molar-refractivity contribution in [3.8, 4) is 5.75 Å². The van der Waals surface area contributed by atoms with E-state index >= 15 is 0 Å². The minimum Gasteiger partial charge on any atom is -0.497 e. The van der Waals surface area contributed by atoms with Gasteiger partial charge in [0, 0.05) is 11.5 Å². The zero-order valence-electron chi connectivity index (χ0n) is 8.64. The summed E-state index contributed by atoms with van der Waals surface area (Å²) in [5, 5.41) is 3.92. The first-order valence-corrected chi connectivity index (χ1v) is 5.24. The van der Waals surface area contributed by atoms with Crippen molar-refractivity contribution in [1.82, 2.24) is 0 Å². The molecule has 0 amide bonds. The van der Waals surface area contributed by atoms with E-state index in [0.29, 0.717) is 5.92 Å². The zero-order valence-corrected chi connectivity index (χ0v) is 8.64. The lowest BCUT2D eigenvalue weighted by molar-refractivity contribution is 0.0540. The highest BCUT2D eigenvalue weighted by Crippen LogP contribution is 2.40. The van der Waals surface area contributed by atoms with Crippen LogP contribution in [0.5, 0.6) is 5.75 Å². The molecule has 0 fully saturated rings. The van der Waals surface area contributed by atoms with Crippen LogP contribution in [-0.4, -0.2) is 13.3 Å². The van der Waals surface area contributed by atoms with Gasteiger partial charge in [-0.05, 0) is 30.5 Å². The number of ether oxygens (including phenoxy) is 1. The maximum atomic E-state index is 5.40. The Kier molecular flexibility index (Phi) is 1.91. The maximum absolute atomic E-state index is 5.40. The molecule has 0 saturated carbocycles. The Morgan fingerprint density at radius 1 is 1.47 bits per heavy atom. The predicted molar refractivity (Wildman–Crippen MR) is 57.1 cm³/mol. The molecule has 0 aromatic heterocycles. The number of rotatable bonds is 1. The largest absolute Gasteiger partial charge is 0.497 e. The molecule has 1 heterocycles. The van der Waals surface area contributed by atoms with Crippen LogP contribution in [0, 0.1) is 5.92 Å². The van der Waals surface area contributed by atoms with Crippen LogP contribution in [0.2, 0.25) is 0 Å². The third kappa shape index (κ3) is 1.30. The average molecular weight is 203 g/mol. The maximum Gasteiger partial charge on any atom is 0.160 e. The van der Waals surface area contributed by atoms with Gasteiger partial charge in [0.25, 0.3) is 0 Å². The molecule has 2 aliphatic rings. The number of fused-ring (bicyclic) bond motifs is 3. The second-order valence-electron chi connectivity index (χ2n) is 4.05. The highest BCUT2D eigenvalue weighted by atomic mass is 16.6. The summed E-state index contributed by atoms with van der Waals surface area (Å²) >= 11 is 0. The molecule has 1 aliphatic carbocycles. The number of hydrogen-bond acceptors (Lipinski definition) is 3. The van der Waals surface area contributed by atoms with Gasteiger partial charge in [-0.15, -0.1) is 0 Å². The van der Waals surface area contributed by atoms with Crippen LogP contribution in [0.15, 0.2) is 23.4 Å². The van der Waals surface area contributed by atoms with Crippen molar-refractivity contribution in [3.05, 3.63) is 29.3 Å². The first-order valence-electron chi connectivity index (χ1n) is 5.24. The summed E-state index contributed by atoms with van der Waals surface area (Å²) in [5.41, 5.74) is 2.60. The SMILES string of the molecule is COc1ccc2c(c1)[C@@H]1ON=C[C@@H]1CC2. The molecule has 15 heavy (non-hydrogen) atoms. The van der Waals surface area contributed by atoms with Gasteiger partial charge in [-0.3, -0.25) is 0 Å². The van der Waals surface area contributed by atoms with Gasteiger partial charge >= 0.3 is 0 Å². The van der Waals surface area contributed by atoms with Crippen LogP contribution in [0.1, 0.15) is 23.7 Å². The van der Waals surface area contributed by atoms with E-state index in [9.17, 15) is 0 Å². The fraction of sp³-hybridized carbons (Fsp3) is 0.417. The number of oxime groups is 1. The van der Waals surface area contributed by atoms with Crippen LogP contribution < -0.4 is 4.74 Å². The molecule has 1 aliphatic heterocycles. The molecule has 0 bridgehead atoms. The third-order valence-electron chi connectivity index (χ3n) is 3.22. The summed E-state index contributed by atoms with van der Waals surface area (Å²) in [4.78, 5) is 5.40. The van der Waals surface area contributed by atoms with E-state index < -0.39 is 0 Å². The van der Waals surface area contributed by atoms with Gasteiger partial charge in [-0.2, -0.15) is 0 Å². The first-order chi connectivity index (χ1) is 7.38. The summed E-state index contributed by atoms with van der Waals surface area (Å²) in [6.07, 6.45) is 4.28. The van der Waals surface area contributed by atoms with Gasteiger partial charge in [0.2, 0.25) is 0 Å². The van der Waals surface area contributed by atoms with Crippen molar-refractivity contribution in [1.29, 1.82) is 0 Å². The molecule has 78 valence electrons. The van der Waals surface area contributed by atoms with E-state index in [2.05, 4.69) is 17.3 Å². The van der Waals surface area contributed by atoms with Crippen LogP contribution in [0.25, 0.3) is 0 Å². The van der Waals surface area contributed by atoms with Gasteiger partial charge in [-0.1, -0.05) is 11.2 Å². The number of aryl methyl sites for hydroxylation is 1. The standard InChI is InChI=1S/C12H13NO2/c1-14-10-5-4-8-2-3-9-7-13-15-12(9)11(8)6-10/h4-7,9,12H,2-3H2,1H3/t9-,12+/m0/s1. The van der Waals surface area contributed by atoms with Crippen LogP contribution in [0.4, 0.5) is 0 Å². The van der Waals surface area contributed by atoms with Crippen LogP contribution >= 0.6 is 0 Å². The molecule has 0 unspecified atom stereocenters. The molecular formula is C12H13NO2. The Bertz CT molecular complexity index is 414. The zero-order chi connectivity index (χ0) is 10.3. The van der Waals surface area contributed by atoms with E-state index in [1.54, 1.807) is 7.11 Å². The van der Waals surface area contributed by atoms with Crippen molar-refractivity contribution in [2.75, 3.05) is 7.11 Å². The Hall–Kier alpha value is -1.51. The fourth-order valence-corrected chi connectivity index (χ4v) is 2.36. The monoisotopic (exact) mass is 203 g/mol. The molecule has 1 aromatic rings. The lowest BCUT2D eigenvalue weighted by Gasteiger charge is -2.25. The minimum atomic E-state index is 0.115. The molecule has 0 spiro atoms. The summed E-state index contributed by atoms with van der Waals surface area (Å²) < 4.78 is 5.23. The van der Waals surface area contributed by atoms with Crippen molar-refractivity contribution >= 4 is 6.21 Å². The van der Waals surface area contributed by atoms with Crippen LogP contribution in [-0.2, 0) is 11.3 Å². The predicted octanol–water partition coefficient (Wildman–Crippen LogP) is 2.31. The molecule has 0 radical (unpaired) electrons. The lowest BCUT2D eigenvalue weighted by Crippen LogP contribution is -2.18.